The van der Waals surface area contributed by atoms with E-state index in [2.05, 4.69) is 5.32 Å². The molecule has 0 aromatic heterocycles. The minimum absolute atomic E-state index is 0.104. The van der Waals surface area contributed by atoms with Crippen LogP contribution in [0.25, 0.3) is 0 Å². The van der Waals surface area contributed by atoms with Crippen LogP contribution in [0.15, 0.2) is 0 Å². The van der Waals surface area contributed by atoms with Gasteiger partial charge in [0.05, 0.1) is 19.8 Å². The molecule has 17 heavy (non-hydrogen) atoms. The number of esters is 1. The molecule has 0 saturated carbocycles. The minimum Gasteiger partial charge on any atom is -0.463 e. The van der Waals surface area contributed by atoms with Crippen LogP contribution in [0.5, 0.6) is 0 Å². The maximum absolute atomic E-state index is 11.5. The van der Waals surface area contributed by atoms with Gasteiger partial charge in [-0.2, -0.15) is 0 Å². The molecule has 1 rings (SSSR count). The molecule has 1 saturated heterocycles. The second-order valence-corrected chi connectivity index (χ2v) is 4.22. The number of piperidine rings is 1. The molecular formula is C12H23NO4. The van der Waals surface area contributed by atoms with E-state index in [4.69, 9.17) is 14.2 Å². The first-order valence-corrected chi connectivity index (χ1v) is 6.26. The Kier molecular flexibility index (Phi) is 7.96. The number of ether oxygens (including phenoxy) is 3. The Morgan fingerprint density at radius 3 is 2.59 bits per heavy atom. The molecule has 0 aliphatic carbocycles. The summed E-state index contributed by atoms with van der Waals surface area (Å²) in [6.45, 7) is 3.93. The largest absolute Gasteiger partial charge is 0.463 e. The number of hydrogen-bond donors (Lipinski definition) is 1. The summed E-state index contributed by atoms with van der Waals surface area (Å²) in [4.78, 5) is 11.5. The van der Waals surface area contributed by atoms with Crippen LogP contribution in [0.3, 0.4) is 0 Å². The molecule has 1 fully saturated rings. The predicted molar refractivity (Wildman–Crippen MR) is 63.9 cm³/mol. The van der Waals surface area contributed by atoms with Crippen molar-refractivity contribution in [3.05, 3.63) is 0 Å². The molecule has 0 radical (unpaired) electrons. The zero-order chi connectivity index (χ0) is 12.3. The van der Waals surface area contributed by atoms with Crippen LogP contribution in [0.4, 0.5) is 0 Å². The Morgan fingerprint density at radius 2 is 1.88 bits per heavy atom. The second-order valence-electron chi connectivity index (χ2n) is 4.22. The van der Waals surface area contributed by atoms with Crippen molar-refractivity contribution in [1.29, 1.82) is 0 Å². The summed E-state index contributed by atoms with van der Waals surface area (Å²) >= 11 is 0. The van der Waals surface area contributed by atoms with Gasteiger partial charge in [0.1, 0.15) is 6.61 Å². The zero-order valence-electron chi connectivity index (χ0n) is 10.6. The first-order valence-electron chi connectivity index (χ1n) is 6.26. The van der Waals surface area contributed by atoms with E-state index in [9.17, 15) is 4.79 Å². The highest BCUT2D eigenvalue weighted by Gasteiger charge is 2.17. The van der Waals surface area contributed by atoms with Gasteiger partial charge >= 0.3 is 5.97 Å². The van der Waals surface area contributed by atoms with Crippen molar-refractivity contribution in [3.63, 3.8) is 0 Å². The molecule has 0 bridgehead atoms. The van der Waals surface area contributed by atoms with Crippen LogP contribution in [0.1, 0.15) is 19.3 Å². The average molecular weight is 245 g/mol. The van der Waals surface area contributed by atoms with Crippen LogP contribution >= 0.6 is 0 Å². The summed E-state index contributed by atoms with van der Waals surface area (Å²) in [5, 5.41) is 3.28. The van der Waals surface area contributed by atoms with Gasteiger partial charge in [-0.1, -0.05) is 0 Å². The highest BCUT2D eigenvalue weighted by Crippen LogP contribution is 2.16. The fraction of sp³-hybridized carbons (Fsp3) is 0.917. The average Bonchev–Trinajstić information content (AvgIpc) is 2.35. The molecule has 0 spiro atoms. The van der Waals surface area contributed by atoms with Crippen molar-refractivity contribution in [1.82, 2.24) is 5.32 Å². The van der Waals surface area contributed by atoms with Gasteiger partial charge in [-0.25, -0.2) is 0 Å². The van der Waals surface area contributed by atoms with Crippen molar-refractivity contribution in [3.8, 4) is 0 Å². The Morgan fingerprint density at radius 1 is 1.18 bits per heavy atom. The predicted octanol–water partition coefficient (Wildman–Crippen LogP) is 0.582. The first-order chi connectivity index (χ1) is 8.33. The highest BCUT2D eigenvalue weighted by atomic mass is 16.6. The maximum atomic E-state index is 11.5. The molecule has 0 atom stereocenters. The SMILES string of the molecule is COCCOCCOC(=O)CC1CCNCC1. The lowest BCUT2D eigenvalue weighted by atomic mass is 9.95. The van der Waals surface area contributed by atoms with Gasteiger partial charge in [-0.3, -0.25) is 4.79 Å². The second kappa shape index (κ2) is 9.39. The van der Waals surface area contributed by atoms with Crippen LogP contribution in [0.2, 0.25) is 0 Å². The number of nitrogens with one attached hydrogen (secondary N) is 1. The molecule has 1 aliphatic heterocycles. The van der Waals surface area contributed by atoms with Crippen LogP contribution in [0, 0.1) is 5.92 Å². The fourth-order valence-corrected chi connectivity index (χ4v) is 1.84. The van der Waals surface area contributed by atoms with Crippen molar-refractivity contribution in [2.75, 3.05) is 46.6 Å². The third-order valence-corrected chi connectivity index (χ3v) is 2.84. The van der Waals surface area contributed by atoms with E-state index in [0.717, 1.165) is 25.9 Å². The lowest BCUT2D eigenvalue weighted by molar-refractivity contribution is -0.146. The van der Waals surface area contributed by atoms with Gasteiger partial charge < -0.3 is 19.5 Å². The Labute approximate surface area is 103 Å². The Hall–Kier alpha value is -0.650. The standard InChI is InChI=1S/C12H23NO4/c1-15-6-7-16-8-9-17-12(14)10-11-2-4-13-5-3-11/h11,13H,2-10H2,1H3. The van der Waals surface area contributed by atoms with Gasteiger partial charge in [0.2, 0.25) is 0 Å². The highest BCUT2D eigenvalue weighted by molar-refractivity contribution is 5.69. The summed E-state index contributed by atoms with van der Waals surface area (Å²) in [7, 11) is 1.63. The maximum Gasteiger partial charge on any atom is 0.306 e. The molecule has 1 heterocycles. The summed E-state index contributed by atoms with van der Waals surface area (Å²) < 4.78 is 15.1. The molecule has 1 aliphatic rings. The van der Waals surface area contributed by atoms with Gasteiger partial charge in [0, 0.05) is 13.5 Å². The molecule has 1 N–H and O–H groups in total. The van der Waals surface area contributed by atoms with Crippen molar-refractivity contribution in [2.45, 2.75) is 19.3 Å². The number of carbonyl (C=O) groups excluding carboxylic acids is 1. The van der Waals surface area contributed by atoms with Crippen molar-refractivity contribution < 1.29 is 19.0 Å². The fourth-order valence-electron chi connectivity index (χ4n) is 1.84. The number of rotatable bonds is 8. The third-order valence-electron chi connectivity index (χ3n) is 2.84. The minimum atomic E-state index is -0.104. The van der Waals surface area contributed by atoms with Crippen molar-refractivity contribution >= 4 is 5.97 Å². The lowest BCUT2D eigenvalue weighted by Gasteiger charge is -2.21. The summed E-state index contributed by atoms with van der Waals surface area (Å²) in [5.74, 6) is 0.380. The number of methoxy groups -OCH3 is 1. The topological polar surface area (TPSA) is 56.8 Å². The normalized spacial score (nSPS) is 17.0. The molecule has 0 aromatic rings. The smallest absolute Gasteiger partial charge is 0.306 e. The molecule has 5 nitrogen and oxygen atoms in total. The van der Waals surface area contributed by atoms with E-state index in [1.54, 1.807) is 7.11 Å². The molecular weight excluding hydrogens is 222 g/mol. The molecule has 100 valence electrons. The third kappa shape index (κ3) is 7.31. The van der Waals surface area contributed by atoms with Crippen LogP contribution < -0.4 is 5.32 Å². The zero-order valence-corrected chi connectivity index (χ0v) is 10.6. The summed E-state index contributed by atoms with van der Waals surface area (Å²) in [5.41, 5.74) is 0. The molecule has 5 heteroatoms. The van der Waals surface area contributed by atoms with E-state index < -0.39 is 0 Å². The van der Waals surface area contributed by atoms with Crippen LogP contribution in [-0.4, -0.2) is 52.6 Å². The van der Waals surface area contributed by atoms with E-state index in [1.165, 1.54) is 0 Å². The molecule has 0 amide bonds. The Balaban J connectivity index is 1.93. The van der Waals surface area contributed by atoms with Gasteiger partial charge in [-0.15, -0.1) is 0 Å². The molecule has 0 aromatic carbocycles. The van der Waals surface area contributed by atoms with Gasteiger partial charge in [0.25, 0.3) is 0 Å². The van der Waals surface area contributed by atoms with Gasteiger partial charge in [0.15, 0.2) is 0 Å². The summed E-state index contributed by atoms with van der Waals surface area (Å²) in [6.07, 6.45) is 2.68. The van der Waals surface area contributed by atoms with E-state index in [0.29, 0.717) is 38.8 Å². The summed E-state index contributed by atoms with van der Waals surface area (Å²) in [6, 6.07) is 0. The lowest BCUT2D eigenvalue weighted by Crippen LogP contribution is -2.29. The number of hydrogen-bond acceptors (Lipinski definition) is 5. The number of carbonyl (C=O) groups is 1. The van der Waals surface area contributed by atoms with E-state index >= 15 is 0 Å². The van der Waals surface area contributed by atoms with Crippen molar-refractivity contribution in [2.24, 2.45) is 5.92 Å². The first kappa shape index (κ1) is 14.4. The Bertz CT molecular complexity index is 205. The quantitative estimate of drug-likeness (QED) is 0.501. The monoisotopic (exact) mass is 245 g/mol. The van der Waals surface area contributed by atoms with Crippen LogP contribution in [-0.2, 0) is 19.0 Å². The van der Waals surface area contributed by atoms with Gasteiger partial charge in [-0.05, 0) is 31.8 Å². The van der Waals surface area contributed by atoms with E-state index in [1.807, 2.05) is 0 Å². The van der Waals surface area contributed by atoms with E-state index in [-0.39, 0.29) is 5.97 Å². The molecule has 0 unspecified atom stereocenters.